The smallest absolute Gasteiger partial charge is 0.410 e. The van der Waals surface area contributed by atoms with Gasteiger partial charge in [-0.15, -0.1) is 0 Å². The van der Waals surface area contributed by atoms with Crippen LogP contribution in [0.4, 0.5) is 26.8 Å². The highest BCUT2D eigenvalue weighted by Crippen LogP contribution is 2.36. The van der Waals surface area contributed by atoms with Gasteiger partial charge < -0.3 is 24.6 Å². The van der Waals surface area contributed by atoms with Crippen molar-refractivity contribution in [2.75, 3.05) is 47.9 Å². The molecule has 3 aromatic rings. The van der Waals surface area contributed by atoms with Crippen molar-refractivity contribution in [2.45, 2.75) is 52.7 Å². The third-order valence-electron chi connectivity index (χ3n) is 6.81. The fraction of sp³-hybridized carbons (Fsp3) is 0.519. The first-order valence-corrected chi connectivity index (χ1v) is 13.3. The zero-order chi connectivity index (χ0) is 27.9. The number of nitrogens with one attached hydrogen (secondary N) is 1. The second-order valence-electron chi connectivity index (χ2n) is 10.9. The number of aryl methyl sites for hydroxylation is 1. The van der Waals surface area contributed by atoms with E-state index in [4.69, 9.17) is 9.47 Å². The summed E-state index contributed by atoms with van der Waals surface area (Å²) in [5.74, 6) is 1.18. The lowest BCUT2D eigenvalue weighted by atomic mass is 10.1. The van der Waals surface area contributed by atoms with Crippen LogP contribution in [0.3, 0.4) is 0 Å². The number of carbonyl (C=O) groups excluding carboxylic acids is 2. The van der Waals surface area contributed by atoms with Crippen molar-refractivity contribution < 1.29 is 19.1 Å². The van der Waals surface area contributed by atoms with Gasteiger partial charge >= 0.3 is 12.1 Å². The molecule has 0 unspecified atom stereocenters. The molecule has 12 heteroatoms. The number of hydrogen-bond acceptors (Lipinski definition) is 8. The summed E-state index contributed by atoms with van der Waals surface area (Å²) < 4.78 is 11.4. The molecule has 1 atom stereocenters. The van der Waals surface area contributed by atoms with Gasteiger partial charge in [0, 0.05) is 62.8 Å². The third-order valence-corrected chi connectivity index (χ3v) is 6.81. The van der Waals surface area contributed by atoms with Gasteiger partial charge in [0.05, 0.1) is 12.3 Å². The van der Waals surface area contributed by atoms with Crippen molar-refractivity contribution in [1.29, 1.82) is 0 Å². The molecule has 3 amide bonds. The monoisotopic (exact) mass is 536 g/mol. The van der Waals surface area contributed by atoms with Crippen LogP contribution in [-0.2, 0) is 18.2 Å². The number of aromatic nitrogens is 4. The summed E-state index contributed by atoms with van der Waals surface area (Å²) in [5.41, 5.74) is 3.43. The molecular weight excluding hydrogens is 500 g/mol. The molecule has 0 saturated carbocycles. The normalized spacial score (nSPS) is 17.4. The maximum absolute atomic E-state index is 13.5. The second kappa shape index (κ2) is 10.2. The van der Waals surface area contributed by atoms with Crippen LogP contribution in [0.1, 0.15) is 40.2 Å². The fourth-order valence-corrected chi connectivity index (χ4v) is 5.14. The molecular formula is C27H36N8O4. The van der Waals surface area contributed by atoms with Gasteiger partial charge in [-0.25, -0.2) is 14.6 Å². The predicted molar refractivity (Wildman–Crippen MR) is 149 cm³/mol. The molecule has 5 rings (SSSR count). The van der Waals surface area contributed by atoms with Crippen LogP contribution in [0.2, 0.25) is 0 Å². The van der Waals surface area contributed by atoms with Crippen molar-refractivity contribution in [3.63, 3.8) is 0 Å². The maximum Gasteiger partial charge on any atom is 0.410 e. The van der Waals surface area contributed by atoms with E-state index in [0.717, 1.165) is 11.3 Å². The van der Waals surface area contributed by atoms with E-state index in [1.165, 1.54) is 4.80 Å². The number of carbonyl (C=O) groups is 2. The van der Waals surface area contributed by atoms with E-state index in [2.05, 4.69) is 25.4 Å². The van der Waals surface area contributed by atoms with Crippen molar-refractivity contribution in [1.82, 2.24) is 24.9 Å². The van der Waals surface area contributed by atoms with E-state index in [1.54, 1.807) is 35.2 Å². The van der Waals surface area contributed by atoms with Crippen LogP contribution >= 0.6 is 0 Å². The summed E-state index contributed by atoms with van der Waals surface area (Å²) in [7, 11) is 1.75. The van der Waals surface area contributed by atoms with E-state index >= 15 is 0 Å². The minimum absolute atomic E-state index is 0.0220. The second-order valence-corrected chi connectivity index (χ2v) is 10.9. The zero-order valence-electron chi connectivity index (χ0n) is 23.4. The van der Waals surface area contributed by atoms with Crippen molar-refractivity contribution in [3.05, 3.63) is 30.0 Å². The first kappa shape index (κ1) is 26.5. The Bertz CT molecular complexity index is 1400. The maximum atomic E-state index is 13.5. The van der Waals surface area contributed by atoms with Gasteiger partial charge in [-0.2, -0.15) is 15.0 Å². The number of ether oxygens (including phenoxy) is 2. The summed E-state index contributed by atoms with van der Waals surface area (Å²) in [4.78, 5) is 37.9. The number of benzene rings is 1. The molecule has 1 N–H and O–H groups in total. The molecule has 208 valence electrons. The minimum atomic E-state index is -0.534. The number of anilines is 3. The molecule has 0 aliphatic carbocycles. The highest BCUT2D eigenvalue weighted by atomic mass is 16.6. The van der Waals surface area contributed by atoms with Crippen LogP contribution in [0, 0.1) is 0 Å². The van der Waals surface area contributed by atoms with Gasteiger partial charge in [-0.1, -0.05) is 0 Å². The standard InChI is InChI=1S/C27H36N8O4/c1-7-38-23-15-20-19(30-32(6)31-20)14-21(23)29-25(36)35-11-9-18-22(8-10-28-24(18)35)33-12-13-34(17(2)16-33)26(37)39-27(3,4)5/h8,10,14-15,17H,7,9,11-13,16H2,1-6H3,(H,29,36)/t17-/m0/s1. The summed E-state index contributed by atoms with van der Waals surface area (Å²) in [5, 5.41) is 11.7. The van der Waals surface area contributed by atoms with Crippen molar-refractivity contribution in [3.8, 4) is 5.75 Å². The Morgan fingerprint density at radius 2 is 1.87 bits per heavy atom. The molecule has 1 saturated heterocycles. The first-order chi connectivity index (χ1) is 18.5. The lowest BCUT2D eigenvalue weighted by Gasteiger charge is -2.41. The molecule has 1 aromatic carbocycles. The lowest BCUT2D eigenvalue weighted by molar-refractivity contribution is 0.0159. The number of pyridine rings is 1. The van der Waals surface area contributed by atoms with Gasteiger partial charge in [0.1, 0.15) is 28.2 Å². The molecule has 0 spiro atoms. The molecule has 2 aliphatic heterocycles. The quantitative estimate of drug-likeness (QED) is 0.535. The molecule has 4 heterocycles. The van der Waals surface area contributed by atoms with Gasteiger partial charge in [0.15, 0.2) is 0 Å². The first-order valence-electron chi connectivity index (χ1n) is 13.3. The molecule has 2 aliphatic rings. The number of rotatable bonds is 4. The average molecular weight is 537 g/mol. The Morgan fingerprint density at radius 1 is 1.13 bits per heavy atom. The summed E-state index contributed by atoms with van der Waals surface area (Å²) in [6.45, 7) is 12.4. The summed E-state index contributed by atoms with van der Waals surface area (Å²) >= 11 is 0. The molecule has 1 fully saturated rings. The van der Waals surface area contributed by atoms with Gasteiger partial charge in [0.2, 0.25) is 0 Å². The molecule has 0 radical (unpaired) electrons. The zero-order valence-corrected chi connectivity index (χ0v) is 23.4. The Morgan fingerprint density at radius 3 is 2.56 bits per heavy atom. The largest absolute Gasteiger partial charge is 0.492 e. The van der Waals surface area contributed by atoms with Gasteiger partial charge in [-0.05, 0) is 53.2 Å². The van der Waals surface area contributed by atoms with Crippen molar-refractivity contribution >= 4 is 40.4 Å². The number of amides is 3. The minimum Gasteiger partial charge on any atom is -0.492 e. The SMILES string of the molecule is CCOc1cc2nn(C)nc2cc1NC(=O)N1CCc2c(N3CCN(C(=O)OC(C)(C)C)[C@@H](C)C3)ccnc21. The molecule has 39 heavy (non-hydrogen) atoms. The van der Waals surface area contributed by atoms with Gasteiger partial charge in [0.25, 0.3) is 0 Å². The summed E-state index contributed by atoms with van der Waals surface area (Å²) in [6, 6.07) is 5.24. The summed E-state index contributed by atoms with van der Waals surface area (Å²) in [6.07, 6.45) is 2.14. The number of fused-ring (bicyclic) bond motifs is 2. The molecule has 0 bridgehead atoms. The Balaban J connectivity index is 1.33. The molecule has 12 nitrogen and oxygen atoms in total. The van der Waals surface area contributed by atoms with Crippen LogP contribution in [0.25, 0.3) is 11.0 Å². The third kappa shape index (κ3) is 5.41. The van der Waals surface area contributed by atoms with Crippen LogP contribution < -0.4 is 19.9 Å². The highest BCUT2D eigenvalue weighted by molar-refractivity contribution is 6.04. The van der Waals surface area contributed by atoms with Crippen LogP contribution in [0.5, 0.6) is 5.75 Å². The van der Waals surface area contributed by atoms with Crippen LogP contribution in [-0.4, -0.2) is 81.4 Å². The lowest BCUT2D eigenvalue weighted by Crippen LogP contribution is -2.55. The Kier molecular flexibility index (Phi) is 6.96. The van der Waals surface area contributed by atoms with Crippen molar-refractivity contribution in [2.24, 2.45) is 7.05 Å². The van der Waals surface area contributed by atoms with E-state index < -0.39 is 5.60 Å². The van der Waals surface area contributed by atoms with E-state index in [1.807, 2.05) is 40.7 Å². The topological polar surface area (TPSA) is 118 Å². The Labute approximate surface area is 227 Å². The van der Waals surface area contributed by atoms with Gasteiger partial charge in [-0.3, -0.25) is 4.90 Å². The average Bonchev–Trinajstić information content (AvgIpc) is 3.45. The number of urea groups is 1. The number of piperazine rings is 1. The predicted octanol–water partition coefficient (Wildman–Crippen LogP) is 3.80. The fourth-order valence-electron chi connectivity index (χ4n) is 5.14. The molecule has 2 aromatic heterocycles. The van der Waals surface area contributed by atoms with E-state index in [0.29, 0.717) is 67.5 Å². The highest BCUT2D eigenvalue weighted by Gasteiger charge is 2.34. The van der Waals surface area contributed by atoms with E-state index in [9.17, 15) is 9.59 Å². The number of hydrogen-bond donors (Lipinski definition) is 1. The number of nitrogens with zero attached hydrogens (tertiary/aromatic N) is 7. The van der Waals surface area contributed by atoms with Crippen LogP contribution in [0.15, 0.2) is 24.4 Å². The van der Waals surface area contributed by atoms with E-state index in [-0.39, 0.29) is 18.2 Å². The Hall–Kier alpha value is -4.09.